The summed E-state index contributed by atoms with van der Waals surface area (Å²) in [7, 11) is 0. The molecule has 1 aliphatic carbocycles. The van der Waals surface area contributed by atoms with Crippen LogP contribution in [-0.4, -0.2) is 29.7 Å². The second-order valence-electron chi connectivity index (χ2n) is 6.97. The van der Waals surface area contributed by atoms with Crippen LogP contribution in [0.2, 0.25) is 0 Å². The van der Waals surface area contributed by atoms with Crippen LogP contribution in [0.3, 0.4) is 0 Å². The van der Waals surface area contributed by atoms with Crippen molar-refractivity contribution < 1.29 is 4.18 Å². The Hall–Kier alpha value is -1.59. The van der Waals surface area contributed by atoms with Crippen molar-refractivity contribution in [2.75, 3.05) is 24.6 Å². The third-order valence-corrected chi connectivity index (χ3v) is 4.87. The van der Waals surface area contributed by atoms with Crippen LogP contribution in [0.1, 0.15) is 56.6 Å². The molecule has 1 saturated heterocycles. The van der Waals surface area contributed by atoms with Crippen LogP contribution in [0, 0.1) is 13.8 Å². The molecule has 4 rings (SSSR count). The summed E-state index contributed by atoms with van der Waals surface area (Å²) >= 11 is 1.43. The number of rotatable bonds is 4. The van der Waals surface area contributed by atoms with Gasteiger partial charge in [-0.3, -0.25) is 0 Å². The summed E-state index contributed by atoms with van der Waals surface area (Å²) in [6.07, 6.45) is 12.2. The summed E-state index contributed by atoms with van der Waals surface area (Å²) < 4.78 is 5.18. The third-order valence-electron chi connectivity index (χ3n) is 4.05. The molecule has 0 radical (unpaired) electrons. The van der Waals surface area contributed by atoms with Gasteiger partial charge in [-0.25, -0.2) is 9.97 Å². The Balaban J connectivity index is 0.000000169. The third kappa shape index (κ3) is 9.78. The lowest BCUT2D eigenvalue weighted by Gasteiger charge is -2.26. The lowest BCUT2D eigenvalue weighted by molar-refractivity contribution is 0.402. The van der Waals surface area contributed by atoms with E-state index in [0.717, 1.165) is 36.1 Å². The predicted octanol–water partition coefficient (Wildman–Crippen LogP) is 5.98. The first kappa shape index (κ1) is 21.7. The summed E-state index contributed by atoms with van der Waals surface area (Å²) in [6.45, 7) is 9.06. The number of hydrogen-bond donors (Lipinski definition) is 0. The number of nitrogens with zero attached hydrogens (tertiary/aromatic N) is 3. The molecule has 1 aromatic carbocycles. The zero-order valence-corrected chi connectivity index (χ0v) is 17.8. The van der Waals surface area contributed by atoms with Gasteiger partial charge in [0.05, 0.1) is 6.61 Å². The maximum atomic E-state index is 5.18. The summed E-state index contributed by atoms with van der Waals surface area (Å²) in [5.74, 6) is 0.894. The molecule has 0 bridgehead atoms. The number of hydrogen-bond acceptors (Lipinski definition) is 5. The van der Waals surface area contributed by atoms with E-state index in [1.54, 1.807) is 0 Å². The van der Waals surface area contributed by atoms with Crippen LogP contribution in [0.25, 0.3) is 0 Å². The first-order valence-corrected chi connectivity index (χ1v) is 10.8. The standard InChI is InChI=1S/C10H15N3.C9H12OS.C3H6/c1-9-7-11-10(12-8-9)13-5-3-2-4-6-13;1-3-10-11-9-6-4-8(2)5-7-9;1-2-3-1/h7-8H,2-6H2,1H3;4-7H,3H2,1-2H3;1-3H2. The lowest BCUT2D eigenvalue weighted by atomic mass is 10.1. The molecule has 0 spiro atoms. The molecule has 2 aromatic rings. The summed E-state index contributed by atoms with van der Waals surface area (Å²) in [5.41, 5.74) is 2.41. The van der Waals surface area contributed by atoms with E-state index in [2.05, 4.69) is 46.1 Å². The highest BCUT2D eigenvalue weighted by molar-refractivity contribution is 7.94. The van der Waals surface area contributed by atoms with E-state index in [4.69, 9.17) is 4.18 Å². The topological polar surface area (TPSA) is 38.2 Å². The van der Waals surface area contributed by atoms with E-state index in [9.17, 15) is 0 Å². The van der Waals surface area contributed by atoms with Gasteiger partial charge in [-0.15, -0.1) is 0 Å². The molecule has 27 heavy (non-hydrogen) atoms. The molecule has 0 unspecified atom stereocenters. The quantitative estimate of drug-likeness (QED) is 0.603. The van der Waals surface area contributed by atoms with Gasteiger partial charge in [0.15, 0.2) is 0 Å². The van der Waals surface area contributed by atoms with E-state index < -0.39 is 0 Å². The van der Waals surface area contributed by atoms with Crippen LogP contribution in [0.4, 0.5) is 5.95 Å². The molecule has 4 nitrogen and oxygen atoms in total. The molecular weight excluding hydrogens is 354 g/mol. The molecule has 1 saturated carbocycles. The van der Waals surface area contributed by atoms with Crippen LogP contribution < -0.4 is 4.90 Å². The average molecular weight is 388 g/mol. The minimum absolute atomic E-state index is 0.749. The second kappa shape index (κ2) is 12.7. The van der Waals surface area contributed by atoms with E-state index >= 15 is 0 Å². The van der Waals surface area contributed by atoms with Crippen LogP contribution in [0.15, 0.2) is 41.6 Å². The molecule has 1 aliphatic heterocycles. The van der Waals surface area contributed by atoms with Crippen LogP contribution >= 0.6 is 12.0 Å². The smallest absolute Gasteiger partial charge is 0.225 e. The molecular formula is C22H33N3OS. The molecule has 1 aromatic heterocycles. The van der Waals surface area contributed by atoms with Gasteiger partial charge in [-0.1, -0.05) is 37.0 Å². The van der Waals surface area contributed by atoms with E-state index in [-0.39, 0.29) is 0 Å². The second-order valence-corrected chi connectivity index (χ2v) is 7.85. The minimum atomic E-state index is 0.749. The zero-order chi connectivity index (χ0) is 19.3. The fourth-order valence-electron chi connectivity index (χ4n) is 2.36. The van der Waals surface area contributed by atoms with Crippen LogP contribution in [0.5, 0.6) is 0 Å². The first-order chi connectivity index (χ1) is 13.2. The molecule has 2 heterocycles. The maximum Gasteiger partial charge on any atom is 0.225 e. The highest BCUT2D eigenvalue weighted by Crippen LogP contribution is 2.18. The van der Waals surface area contributed by atoms with Gasteiger partial charge in [0.25, 0.3) is 0 Å². The molecule has 0 N–H and O–H groups in total. The lowest BCUT2D eigenvalue weighted by Crippen LogP contribution is -2.30. The Morgan fingerprint density at radius 2 is 1.41 bits per heavy atom. The van der Waals surface area contributed by atoms with Gasteiger partial charge in [0.1, 0.15) is 0 Å². The van der Waals surface area contributed by atoms with Crippen molar-refractivity contribution in [3.63, 3.8) is 0 Å². The van der Waals surface area contributed by atoms with Crippen LogP contribution in [-0.2, 0) is 4.18 Å². The van der Waals surface area contributed by atoms with Crippen molar-refractivity contribution in [3.05, 3.63) is 47.8 Å². The molecule has 5 heteroatoms. The van der Waals surface area contributed by atoms with Gasteiger partial charge < -0.3 is 9.08 Å². The highest BCUT2D eigenvalue weighted by Gasteiger charge is 2.12. The van der Waals surface area contributed by atoms with Crippen molar-refractivity contribution in [3.8, 4) is 0 Å². The number of aryl methyl sites for hydroxylation is 2. The number of benzene rings is 1. The van der Waals surface area contributed by atoms with Gasteiger partial charge in [-0.05, 0) is 57.7 Å². The minimum Gasteiger partial charge on any atom is -0.341 e. The zero-order valence-electron chi connectivity index (χ0n) is 17.0. The molecule has 2 fully saturated rings. The fourth-order valence-corrected chi connectivity index (χ4v) is 2.86. The Morgan fingerprint density at radius 1 is 0.852 bits per heavy atom. The Labute approximate surface area is 169 Å². The monoisotopic (exact) mass is 387 g/mol. The summed E-state index contributed by atoms with van der Waals surface area (Å²) in [5, 5.41) is 0. The van der Waals surface area contributed by atoms with Crippen molar-refractivity contribution in [2.24, 2.45) is 0 Å². The number of anilines is 1. The normalized spacial score (nSPS) is 15.1. The van der Waals surface area contributed by atoms with Crippen molar-refractivity contribution in [2.45, 2.75) is 64.2 Å². The van der Waals surface area contributed by atoms with Crippen molar-refractivity contribution in [1.29, 1.82) is 0 Å². The molecule has 0 amide bonds. The number of piperidine rings is 1. The van der Waals surface area contributed by atoms with Gasteiger partial charge in [0.2, 0.25) is 5.95 Å². The predicted molar refractivity (Wildman–Crippen MR) is 115 cm³/mol. The Morgan fingerprint density at radius 3 is 1.93 bits per heavy atom. The number of aromatic nitrogens is 2. The summed E-state index contributed by atoms with van der Waals surface area (Å²) in [4.78, 5) is 12.1. The Bertz CT molecular complexity index is 620. The van der Waals surface area contributed by atoms with Gasteiger partial charge in [-0.2, -0.15) is 0 Å². The molecule has 148 valence electrons. The SMILES string of the molecule is C1CC1.CCOSc1ccc(C)cc1.Cc1cnc(N2CCCCC2)nc1. The fraction of sp³-hybridized carbons (Fsp3) is 0.545. The maximum absolute atomic E-state index is 5.18. The largest absolute Gasteiger partial charge is 0.341 e. The summed E-state index contributed by atoms with van der Waals surface area (Å²) in [6, 6.07) is 8.30. The van der Waals surface area contributed by atoms with E-state index in [1.807, 2.05) is 26.2 Å². The Kier molecular flexibility index (Phi) is 10.2. The van der Waals surface area contributed by atoms with Gasteiger partial charge in [0, 0.05) is 42.4 Å². The highest BCUT2D eigenvalue weighted by atomic mass is 32.2. The molecule has 2 aliphatic rings. The molecule has 0 atom stereocenters. The van der Waals surface area contributed by atoms with Gasteiger partial charge >= 0.3 is 0 Å². The van der Waals surface area contributed by atoms with E-state index in [0.29, 0.717) is 0 Å². The van der Waals surface area contributed by atoms with E-state index in [1.165, 1.54) is 56.1 Å². The first-order valence-electron chi connectivity index (χ1n) is 10.1. The average Bonchev–Trinajstić information content (AvgIpc) is 3.59. The van der Waals surface area contributed by atoms with Crippen molar-refractivity contribution in [1.82, 2.24) is 9.97 Å². The van der Waals surface area contributed by atoms with Crippen molar-refractivity contribution >= 4 is 18.0 Å².